The van der Waals surface area contributed by atoms with Gasteiger partial charge >= 0.3 is 6.03 Å². The maximum absolute atomic E-state index is 12.1. The summed E-state index contributed by atoms with van der Waals surface area (Å²) in [6.07, 6.45) is 5.37. The first kappa shape index (κ1) is 16.6. The van der Waals surface area contributed by atoms with Gasteiger partial charge in [-0.3, -0.25) is 0 Å². The molecular formula is C19H20N4O2. The Bertz CT molecular complexity index is 812. The third kappa shape index (κ3) is 4.17. The number of amides is 2. The quantitative estimate of drug-likeness (QED) is 0.745. The Labute approximate surface area is 146 Å². The molecule has 6 heteroatoms. The van der Waals surface area contributed by atoms with Gasteiger partial charge < -0.3 is 19.9 Å². The highest BCUT2D eigenvalue weighted by molar-refractivity contribution is 5.89. The first-order valence-corrected chi connectivity index (χ1v) is 7.95. The lowest BCUT2D eigenvalue weighted by Gasteiger charge is -2.16. The van der Waals surface area contributed by atoms with Crippen molar-refractivity contribution in [2.75, 3.05) is 12.4 Å². The van der Waals surface area contributed by atoms with E-state index in [9.17, 15) is 4.79 Å². The van der Waals surface area contributed by atoms with E-state index in [0.29, 0.717) is 5.69 Å². The Morgan fingerprint density at radius 2 is 1.84 bits per heavy atom. The number of anilines is 1. The average Bonchev–Trinajstić information content (AvgIpc) is 3.17. The van der Waals surface area contributed by atoms with Crippen molar-refractivity contribution in [3.8, 4) is 11.4 Å². The van der Waals surface area contributed by atoms with Crippen molar-refractivity contribution in [2.45, 2.75) is 13.0 Å². The second-order valence-electron chi connectivity index (χ2n) is 5.61. The Morgan fingerprint density at radius 3 is 2.44 bits per heavy atom. The topological polar surface area (TPSA) is 68.2 Å². The van der Waals surface area contributed by atoms with Gasteiger partial charge in [-0.2, -0.15) is 0 Å². The molecule has 2 N–H and O–H groups in total. The Morgan fingerprint density at radius 1 is 1.12 bits per heavy atom. The van der Waals surface area contributed by atoms with Gasteiger partial charge in [0.25, 0.3) is 0 Å². The molecule has 0 aliphatic heterocycles. The number of methoxy groups -OCH3 is 1. The number of hydrogen-bond acceptors (Lipinski definition) is 3. The molecular weight excluding hydrogens is 316 g/mol. The summed E-state index contributed by atoms with van der Waals surface area (Å²) in [5.74, 6) is 0.748. The molecule has 0 saturated carbocycles. The van der Waals surface area contributed by atoms with Crippen molar-refractivity contribution in [1.29, 1.82) is 0 Å². The second kappa shape index (κ2) is 7.53. The van der Waals surface area contributed by atoms with Crippen LogP contribution in [0.15, 0.2) is 67.3 Å². The Kier molecular flexibility index (Phi) is 4.99. The maximum Gasteiger partial charge on any atom is 0.319 e. The normalized spacial score (nSPS) is 11.6. The van der Waals surface area contributed by atoms with E-state index < -0.39 is 0 Å². The van der Waals surface area contributed by atoms with Crippen molar-refractivity contribution < 1.29 is 9.53 Å². The maximum atomic E-state index is 12.1. The summed E-state index contributed by atoms with van der Waals surface area (Å²) in [5.41, 5.74) is 2.76. The molecule has 0 spiro atoms. The molecule has 2 amide bonds. The van der Waals surface area contributed by atoms with Crippen LogP contribution in [0.4, 0.5) is 10.5 Å². The monoisotopic (exact) mass is 336 g/mol. The molecule has 0 aliphatic rings. The predicted octanol–water partition coefficient (Wildman–Crippen LogP) is 3.76. The molecule has 0 unspecified atom stereocenters. The van der Waals surface area contributed by atoms with E-state index in [1.807, 2.05) is 42.0 Å². The fraction of sp³-hybridized carbons (Fsp3) is 0.158. The highest BCUT2D eigenvalue weighted by Gasteiger charge is 2.10. The van der Waals surface area contributed by atoms with Gasteiger partial charge in [-0.15, -0.1) is 0 Å². The zero-order valence-electron chi connectivity index (χ0n) is 14.1. The summed E-state index contributed by atoms with van der Waals surface area (Å²) in [6, 6.07) is 14.8. The Hall–Kier alpha value is -3.28. The van der Waals surface area contributed by atoms with E-state index >= 15 is 0 Å². The van der Waals surface area contributed by atoms with Crippen LogP contribution in [0.25, 0.3) is 5.69 Å². The van der Waals surface area contributed by atoms with E-state index in [2.05, 4.69) is 15.6 Å². The molecule has 25 heavy (non-hydrogen) atoms. The molecule has 0 aliphatic carbocycles. The van der Waals surface area contributed by atoms with Crippen LogP contribution in [0, 0.1) is 0 Å². The number of ether oxygens (including phenoxy) is 1. The van der Waals surface area contributed by atoms with Gasteiger partial charge in [0.05, 0.1) is 19.5 Å². The van der Waals surface area contributed by atoms with Gasteiger partial charge in [0.2, 0.25) is 0 Å². The highest BCUT2D eigenvalue weighted by Crippen LogP contribution is 2.17. The molecule has 1 atom stereocenters. The van der Waals surface area contributed by atoms with E-state index in [1.54, 1.807) is 43.9 Å². The zero-order valence-corrected chi connectivity index (χ0v) is 14.1. The smallest absolute Gasteiger partial charge is 0.319 e. The van der Waals surface area contributed by atoms with Crippen LogP contribution < -0.4 is 15.4 Å². The van der Waals surface area contributed by atoms with Crippen LogP contribution in [0.5, 0.6) is 5.75 Å². The molecule has 3 aromatic rings. The number of carbonyl (C=O) groups is 1. The van der Waals surface area contributed by atoms with Crippen LogP contribution in [-0.4, -0.2) is 22.7 Å². The van der Waals surface area contributed by atoms with Crippen molar-refractivity contribution in [3.63, 3.8) is 0 Å². The third-order valence-corrected chi connectivity index (χ3v) is 3.89. The Balaban J connectivity index is 1.59. The number of urea groups is 1. The minimum atomic E-state index is -0.253. The number of aromatic nitrogens is 2. The molecule has 6 nitrogen and oxygen atoms in total. The standard InChI is InChI=1S/C19H20N4O2/c1-14(15-3-7-17(8-4-15)23-12-11-20-13-23)21-19(24)22-16-5-9-18(25-2)10-6-16/h3-14H,1-2H3,(H2,21,22,24)/t14-/m1/s1. The van der Waals surface area contributed by atoms with Gasteiger partial charge in [-0.1, -0.05) is 12.1 Å². The summed E-state index contributed by atoms with van der Waals surface area (Å²) in [7, 11) is 1.61. The third-order valence-electron chi connectivity index (χ3n) is 3.89. The number of nitrogens with one attached hydrogen (secondary N) is 2. The van der Waals surface area contributed by atoms with E-state index in [1.165, 1.54) is 0 Å². The summed E-state index contributed by atoms with van der Waals surface area (Å²) in [5, 5.41) is 5.74. The number of imidazole rings is 1. The zero-order chi connectivity index (χ0) is 17.6. The summed E-state index contributed by atoms with van der Waals surface area (Å²) < 4.78 is 7.03. The van der Waals surface area contributed by atoms with Gasteiger partial charge in [-0.25, -0.2) is 9.78 Å². The first-order chi connectivity index (χ1) is 12.2. The number of carbonyl (C=O) groups excluding carboxylic acids is 1. The average molecular weight is 336 g/mol. The molecule has 0 radical (unpaired) electrons. The van der Waals surface area contributed by atoms with Crippen molar-refractivity contribution in [3.05, 3.63) is 72.8 Å². The first-order valence-electron chi connectivity index (χ1n) is 7.95. The molecule has 2 aromatic carbocycles. The fourth-order valence-electron chi connectivity index (χ4n) is 2.47. The van der Waals surface area contributed by atoms with Crippen molar-refractivity contribution in [2.24, 2.45) is 0 Å². The number of benzene rings is 2. The predicted molar refractivity (Wildman–Crippen MR) is 97.1 cm³/mol. The van der Waals surface area contributed by atoms with Gasteiger partial charge in [-0.05, 0) is 48.9 Å². The van der Waals surface area contributed by atoms with Crippen molar-refractivity contribution in [1.82, 2.24) is 14.9 Å². The SMILES string of the molecule is COc1ccc(NC(=O)N[C@H](C)c2ccc(-n3ccnc3)cc2)cc1. The minimum absolute atomic E-state index is 0.116. The summed E-state index contributed by atoms with van der Waals surface area (Å²) in [4.78, 5) is 16.2. The largest absolute Gasteiger partial charge is 0.497 e. The highest BCUT2D eigenvalue weighted by atomic mass is 16.5. The lowest BCUT2D eigenvalue weighted by molar-refractivity contribution is 0.249. The molecule has 3 rings (SSSR count). The van der Waals surface area contributed by atoms with Crippen molar-refractivity contribution >= 4 is 11.7 Å². The minimum Gasteiger partial charge on any atom is -0.497 e. The molecule has 0 saturated heterocycles. The summed E-state index contributed by atoms with van der Waals surface area (Å²) in [6.45, 7) is 1.94. The number of nitrogens with zero attached hydrogens (tertiary/aromatic N) is 2. The van der Waals surface area contributed by atoms with Crippen LogP contribution in [0.2, 0.25) is 0 Å². The van der Waals surface area contributed by atoms with Crippen LogP contribution in [0.3, 0.4) is 0 Å². The number of rotatable bonds is 5. The second-order valence-corrected chi connectivity index (χ2v) is 5.61. The molecule has 128 valence electrons. The van der Waals surface area contributed by atoms with E-state index in [0.717, 1.165) is 17.0 Å². The van der Waals surface area contributed by atoms with E-state index in [-0.39, 0.29) is 12.1 Å². The summed E-state index contributed by atoms with van der Waals surface area (Å²) >= 11 is 0. The molecule has 1 heterocycles. The van der Waals surface area contributed by atoms with Gasteiger partial charge in [0, 0.05) is 23.8 Å². The fourth-order valence-corrected chi connectivity index (χ4v) is 2.47. The van der Waals surface area contributed by atoms with Gasteiger partial charge in [0.15, 0.2) is 0 Å². The lowest BCUT2D eigenvalue weighted by Crippen LogP contribution is -2.31. The number of hydrogen-bond donors (Lipinski definition) is 2. The van der Waals surface area contributed by atoms with Crippen LogP contribution in [0.1, 0.15) is 18.5 Å². The van der Waals surface area contributed by atoms with Crippen LogP contribution >= 0.6 is 0 Å². The molecule has 1 aromatic heterocycles. The van der Waals surface area contributed by atoms with Crippen LogP contribution in [-0.2, 0) is 0 Å². The molecule has 0 bridgehead atoms. The molecule has 0 fully saturated rings. The lowest BCUT2D eigenvalue weighted by atomic mass is 10.1. The van der Waals surface area contributed by atoms with E-state index in [4.69, 9.17) is 4.74 Å². The van der Waals surface area contributed by atoms with Gasteiger partial charge in [0.1, 0.15) is 5.75 Å².